The lowest BCUT2D eigenvalue weighted by molar-refractivity contribution is 0.0648. The zero-order chi connectivity index (χ0) is 20.8. The third-order valence-electron chi connectivity index (χ3n) is 4.94. The van der Waals surface area contributed by atoms with Crippen molar-refractivity contribution < 1.29 is 9.84 Å². The Morgan fingerprint density at radius 2 is 1.66 bits per heavy atom. The lowest BCUT2D eigenvalue weighted by Gasteiger charge is -2.14. The van der Waals surface area contributed by atoms with Crippen LogP contribution in [0.4, 0.5) is 0 Å². The van der Waals surface area contributed by atoms with Gasteiger partial charge in [0.25, 0.3) is 0 Å². The fourth-order valence-corrected chi connectivity index (χ4v) is 3.15. The molecule has 0 aliphatic carbocycles. The molecule has 1 aromatic carbocycles. The third kappa shape index (κ3) is 15.9. The molecule has 0 bridgehead atoms. The van der Waals surface area contributed by atoms with E-state index < -0.39 is 0 Å². The molecule has 0 aliphatic rings. The van der Waals surface area contributed by atoms with Crippen molar-refractivity contribution in [3.63, 3.8) is 0 Å². The molecule has 162 valence electrons. The minimum absolute atomic E-state index is 0.188. The number of hydrogen-bond acceptors (Lipinski definition) is 2. The molecular weight excluding hydrogens is 356 g/mol. The molecule has 1 N–H and O–H groups in total. The Hall–Kier alpha value is -1.64. The zero-order valence-electron chi connectivity index (χ0n) is 18.5. The van der Waals surface area contributed by atoms with Crippen molar-refractivity contribution >= 4 is 0 Å². The molecule has 29 heavy (non-hydrogen) atoms. The van der Waals surface area contributed by atoms with E-state index in [1.54, 1.807) is 0 Å². The Bertz CT molecular complexity index is 545. The van der Waals surface area contributed by atoms with Crippen molar-refractivity contribution in [2.24, 2.45) is 0 Å². The first-order valence-electron chi connectivity index (χ1n) is 11.6. The van der Waals surface area contributed by atoms with E-state index in [1.165, 1.54) is 44.1 Å². The SMILES string of the molecule is CCCCC[C@@H](/C=C/C=C\C/C=C\CCCCCCCO)OCc1ccccc1. The quantitative estimate of drug-likeness (QED) is 0.157. The van der Waals surface area contributed by atoms with Crippen molar-refractivity contribution in [1.82, 2.24) is 0 Å². The highest BCUT2D eigenvalue weighted by Crippen LogP contribution is 2.12. The number of hydrogen-bond donors (Lipinski definition) is 1. The molecule has 0 radical (unpaired) electrons. The fourth-order valence-electron chi connectivity index (χ4n) is 3.15. The maximum atomic E-state index is 8.75. The Labute approximate surface area is 179 Å². The average Bonchev–Trinajstić information content (AvgIpc) is 2.75. The van der Waals surface area contributed by atoms with Crippen LogP contribution in [-0.4, -0.2) is 17.8 Å². The highest BCUT2D eigenvalue weighted by molar-refractivity contribution is 5.14. The molecule has 1 aromatic rings. The van der Waals surface area contributed by atoms with Gasteiger partial charge in [-0.3, -0.25) is 0 Å². The van der Waals surface area contributed by atoms with E-state index in [-0.39, 0.29) is 6.10 Å². The van der Waals surface area contributed by atoms with Gasteiger partial charge < -0.3 is 9.84 Å². The fraction of sp³-hybridized carbons (Fsp3) is 0.556. The van der Waals surface area contributed by atoms with Crippen molar-refractivity contribution in [2.45, 2.75) is 90.3 Å². The monoisotopic (exact) mass is 398 g/mol. The van der Waals surface area contributed by atoms with Gasteiger partial charge in [0.1, 0.15) is 0 Å². The predicted octanol–water partition coefficient (Wildman–Crippen LogP) is 7.54. The van der Waals surface area contributed by atoms with Gasteiger partial charge >= 0.3 is 0 Å². The van der Waals surface area contributed by atoms with Crippen LogP contribution in [0.15, 0.2) is 66.8 Å². The molecule has 1 atom stereocenters. The highest BCUT2D eigenvalue weighted by atomic mass is 16.5. The summed E-state index contributed by atoms with van der Waals surface area (Å²) in [5.74, 6) is 0. The lowest BCUT2D eigenvalue weighted by Crippen LogP contribution is -2.09. The van der Waals surface area contributed by atoms with Gasteiger partial charge in [-0.1, -0.05) is 112 Å². The van der Waals surface area contributed by atoms with Gasteiger partial charge in [-0.2, -0.15) is 0 Å². The zero-order valence-corrected chi connectivity index (χ0v) is 18.5. The van der Waals surface area contributed by atoms with Crippen LogP contribution in [0.1, 0.15) is 83.1 Å². The van der Waals surface area contributed by atoms with Gasteiger partial charge in [0.05, 0.1) is 12.7 Å². The molecule has 0 amide bonds. The molecule has 0 spiro atoms. The summed E-state index contributed by atoms with van der Waals surface area (Å²) < 4.78 is 6.13. The molecule has 0 aliphatic heterocycles. The molecule has 0 unspecified atom stereocenters. The summed E-state index contributed by atoms with van der Waals surface area (Å²) in [6, 6.07) is 10.4. The predicted molar refractivity (Wildman–Crippen MR) is 126 cm³/mol. The van der Waals surface area contributed by atoms with Gasteiger partial charge in [0.15, 0.2) is 0 Å². The van der Waals surface area contributed by atoms with Crippen molar-refractivity contribution in [1.29, 1.82) is 0 Å². The van der Waals surface area contributed by atoms with Gasteiger partial charge in [-0.05, 0) is 37.7 Å². The molecule has 0 saturated heterocycles. The van der Waals surface area contributed by atoms with E-state index in [9.17, 15) is 0 Å². The van der Waals surface area contributed by atoms with Crippen LogP contribution >= 0.6 is 0 Å². The summed E-state index contributed by atoms with van der Waals surface area (Å²) in [6.45, 7) is 3.25. The number of allylic oxidation sites excluding steroid dienone is 5. The molecule has 1 rings (SSSR count). The molecule has 0 aromatic heterocycles. The van der Waals surface area contributed by atoms with Crippen molar-refractivity contribution in [2.75, 3.05) is 6.61 Å². The van der Waals surface area contributed by atoms with Gasteiger partial charge in [-0.15, -0.1) is 0 Å². The van der Waals surface area contributed by atoms with E-state index in [2.05, 4.69) is 67.6 Å². The topological polar surface area (TPSA) is 29.5 Å². The van der Waals surface area contributed by atoms with Gasteiger partial charge in [0.2, 0.25) is 0 Å². The largest absolute Gasteiger partial charge is 0.396 e. The molecule has 0 heterocycles. The molecular formula is C27H42O2. The first kappa shape index (κ1) is 25.4. The van der Waals surface area contributed by atoms with Crippen LogP contribution in [0.2, 0.25) is 0 Å². The second-order valence-corrected chi connectivity index (χ2v) is 7.63. The van der Waals surface area contributed by atoms with E-state index >= 15 is 0 Å². The molecule has 2 nitrogen and oxygen atoms in total. The average molecular weight is 399 g/mol. The minimum atomic E-state index is 0.188. The number of unbranched alkanes of at least 4 members (excludes halogenated alkanes) is 7. The summed E-state index contributed by atoms with van der Waals surface area (Å²) >= 11 is 0. The second kappa shape index (κ2) is 19.7. The van der Waals surface area contributed by atoms with E-state index in [1.807, 2.05) is 6.07 Å². The standard InChI is InChI=1S/C27H42O2/c1-2-3-15-22-27(29-25-26-20-16-14-17-21-26)23-18-12-10-8-6-4-5-7-9-11-13-19-24-28/h4,6,10,12,14,16-18,20-21,23,27-28H,2-3,5,7-9,11,13,15,19,22,24-25H2,1H3/b6-4-,12-10-,23-18+/t27-/m0/s1. The maximum Gasteiger partial charge on any atom is 0.0763 e. The smallest absolute Gasteiger partial charge is 0.0763 e. The number of aliphatic hydroxyl groups excluding tert-OH is 1. The summed E-state index contributed by atoms with van der Waals surface area (Å²) in [5.41, 5.74) is 1.23. The maximum absolute atomic E-state index is 8.75. The van der Waals surface area contributed by atoms with Crippen LogP contribution in [0.25, 0.3) is 0 Å². The summed E-state index contributed by atoms with van der Waals surface area (Å²) in [4.78, 5) is 0. The summed E-state index contributed by atoms with van der Waals surface area (Å²) in [7, 11) is 0. The number of ether oxygens (including phenoxy) is 1. The van der Waals surface area contributed by atoms with E-state index in [0.29, 0.717) is 13.2 Å². The van der Waals surface area contributed by atoms with Crippen LogP contribution in [0.5, 0.6) is 0 Å². The van der Waals surface area contributed by atoms with E-state index in [0.717, 1.165) is 32.1 Å². The minimum Gasteiger partial charge on any atom is -0.396 e. The van der Waals surface area contributed by atoms with Crippen LogP contribution in [0.3, 0.4) is 0 Å². The molecule has 0 saturated carbocycles. The van der Waals surface area contributed by atoms with Gasteiger partial charge in [0, 0.05) is 6.61 Å². The first-order chi connectivity index (χ1) is 14.4. The normalized spacial score (nSPS) is 13.2. The highest BCUT2D eigenvalue weighted by Gasteiger charge is 2.05. The lowest BCUT2D eigenvalue weighted by atomic mass is 10.1. The number of aliphatic hydroxyl groups is 1. The van der Waals surface area contributed by atoms with E-state index in [4.69, 9.17) is 9.84 Å². The molecule has 0 fully saturated rings. The van der Waals surface area contributed by atoms with Crippen molar-refractivity contribution in [3.8, 4) is 0 Å². The Morgan fingerprint density at radius 3 is 2.45 bits per heavy atom. The molecule has 2 heteroatoms. The van der Waals surface area contributed by atoms with Crippen molar-refractivity contribution in [3.05, 3.63) is 72.4 Å². The summed E-state index contributed by atoms with van der Waals surface area (Å²) in [5, 5.41) is 8.75. The number of rotatable bonds is 18. The van der Waals surface area contributed by atoms with Crippen LogP contribution in [0, 0.1) is 0 Å². The summed E-state index contributed by atoms with van der Waals surface area (Å²) in [6.07, 6.45) is 26.2. The van der Waals surface area contributed by atoms with Gasteiger partial charge in [-0.25, -0.2) is 0 Å². The Morgan fingerprint density at radius 1 is 0.862 bits per heavy atom. The Kier molecular flexibility index (Phi) is 17.2. The third-order valence-corrected chi connectivity index (χ3v) is 4.94. The first-order valence-corrected chi connectivity index (χ1v) is 11.6. The van der Waals surface area contributed by atoms with Crippen LogP contribution in [-0.2, 0) is 11.3 Å². The van der Waals surface area contributed by atoms with Crippen LogP contribution < -0.4 is 0 Å². The Balaban J connectivity index is 2.22. The second-order valence-electron chi connectivity index (χ2n) is 7.63. The number of benzene rings is 1.